The Kier molecular flexibility index (Phi) is 7.59. The van der Waals surface area contributed by atoms with Gasteiger partial charge in [0.2, 0.25) is 0 Å². The molecule has 0 radical (unpaired) electrons. The van der Waals surface area contributed by atoms with E-state index < -0.39 is 0 Å². The summed E-state index contributed by atoms with van der Waals surface area (Å²) in [5, 5.41) is 0. The van der Waals surface area contributed by atoms with Crippen LogP contribution in [0.1, 0.15) is 25.0 Å². The number of benzene rings is 1. The molecule has 0 spiro atoms. The average molecular weight is 190 g/mol. The van der Waals surface area contributed by atoms with Gasteiger partial charge < -0.3 is 4.74 Å². The van der Waals surface area contributed by atoms with E-state index in [4.69, 9.17) is 4.74 Å². The van der Waals surface area contributed by atoms with Gasteiger partial charge in [-0.15, -0.1) is 0 Å². The molecule has 0 aliphatic heterocycles. The van der Waals surface area contributed by atoms with Crippen molar-refractivity contribution in [3.8, 4) is 11.8 Å². The van der Waals surface area contributed by atoms with Crippen molar-refractivity contribution >= 4 is 0 Å². The monoisotopic (exact) mass is 190 g/mol. The van der Waals surface area contributed by atoms with Crippen molar-refractivity contribution in [2.45, 2.75) is 20.8 Å². The number of hydrogen-bond donors (Lipinski definition) is 0. The third-order valence-electron chi connectivity index (χ3n) is 1.50. The van der Waals surface area contributed by atoms with E-state index in [9.17, 15) is 0 Å². The third kappa shape index (κ3) is 5.40. The van der Waals surface area contributed by atoms with E-state index in [-0.39, 0.29) is 0 Å². The highest BCUT2D eigenvalue weighted by atomic mass is 16.5. The molecule has 76 valence electrons. The summed E-state index contributed by atoms with van der Waals surface area (Å²) >= 11 is 0. The van der Waals surface area contributed by atoms with Gasteiger partial charge in [-0.05, 0) is 19.1 Å². The minimum atomic E-state index is 0.494. The molecule has 1 aromatic carbocycles. The topological polar surface area (TPSA) is 9.23 Å². The van der Waals surface area contributed by atoms with Crippen LogP contribution in [0, 0.1) is 18.8 Å². The Morgan fingerprint density at radius 3 is 2.21 bits per heavy atom. The van der Waals surface area contributed by atoms with Crippen molar-refractivity contribution in [3.05, 3.63) is 35.4 Å². The summed E-state index contributed by atoms with van der Waals surface area (Å²) in [6, 6.07) is 8.13. The molecule has 0 amide bonds. The van der Waals surface area contributed by atoms with Crippen LogP contribution in [0.2, 0.25) is 0 Å². The summed E-state index contributed by atoms with van der Waals surface area (Å²) in [5.74, 6) is 5.90. The number of ether oxygens (including phenoxy) is 1. The van der Waals surface area contributed by atoms with Crippen LogP contribution in [-0.2, 0) is 4.74 Å². The van der Waals surface area contributed by atoms with Crippen LogP contribution >= 0.6 is 0 Å². The zero-order chi connectivity index (χ0) is 10.8. The van der Waals surface area contributed by atoms with Gasteiger partial charge in [0.15, 0.2) is 0 Å². The SMILES string of the molecule is CC.COCC#Cc1ccc(C)cc1. The second-order valence-corrected chi connectivity index (χ2v) is 2.60. The summed E-state index contributed by atoms with van der Waals surface area (Å²) < 4.78 is 4.81. The summed E-state index contributed by atoms with van der Waals surface area (Å²) in [6.07, 6.45) is 0. The first kappa shape index (κ1) is 12.7. The zero-order valence-electron chi connectivity index (χ0n) is 9.42. The van der Waals surface area contributed by atoms with E-state index >= 15 is 0 Å². The van der Waals surface area contributed by atoms with E-state index in [2.05, 4.69) is 30.9 Å². The molecule has 0 fully saturated rings. The van der Waals surface area contributed by atoms with E-state index in [0.29, 0.717) is 6.61 Å². The molecule has 0 saturated heterocycles. The fraction of sp³-hybridized carbons (Fsp3) is 0.385. The average Bonchev–Trinajstić information content (AvgIpc) is 2.24. The van der Waals surface area contributed by atoms with E-state index in [1.54, 1.807) is 7.11 Å². The molecular weight excluding hydrogens is 172 g/mol. The Morgan fingerprint density at radius 2 is 1.71 bits per heavy atom. The second-order valence-electron chi connectivity index (χ2n) is 2.60. The van der Waals surface area contributed by atoms with Gasteiger partial charge in [0, 0.05) is 12.7 Å². The molecule has 0 atom stereocenters. The molecule has 0 saturated carbocycles. The number of methoxy groups -OCH3 is 1. The zero-order valence-corrected chi connectivity index (χ0v) is 9.42. The number of rotatable bonds is 1. The molecule has 0 aliphatic carbocycles. The van der Waals surface area contributed by atoms with E-state index in [1.807, 2.05) is 26.0 Å². The largest absolute Gasteiger partial charge is 0.372 e. The first-order valence-corrected chi connectivity index (χ1v) is 4.87. The van der Waals surface area contributed by atoms with Crippen LogP contribution in [0.15, 0.2) is 24.3 Å². The van der Waals surface area contributed by atoms with E-state index in [0.717, 1.165) is 5.56 Å². The highest BCUT2D eigenvalue weighted by Crippen LogP contribution is 2.00. The lowest BCUT2D eigenvalue weighted by Crippen LogP contribution is -1.81. The standard InChI is InChI=1S/C11H12O.C2H6/c1-10-5-7-11(8-6-10)4-3-9-12-2;1-2/h5-8H,9H2,1-2H3;1-2H3. The number of hydrogen-bond acceptors (Lipinski definition) is 1. The molecule has 0 N–H and O–H groups in total. The van der Waals surface area contributed by atoms with Gasteiger partial charge in [0.25, 0.3) is 0 Å². The molecular formula is C13H18O. The third-order valence-corrected chi connectivity index (χ3v) is 1.50. The van der Waals surface area contributed by atoms with Crippen molar-refractivity contribution in [1.82, 2.24) is 0 Å². The summed E-state index contributed by atoms with van der Waals surface area (Å²) in [4.78, 5) is 0. The summed E-state index contributed by atoms with van der Waals surface area (Å²) in [5.41, 5.74) is 2.30. The van der Waals surface area contributed by atoms with Crippen LogP contribution in [-0.4, -0.2) is 13.7 Å². The second kappa shape index (κ2) is 8.34. The van der Waals surface area contributed by atoms with Gasteiger partial charge in [-0.25, -0.2) is 0 Å². The smallest absolute Gasteiger partial charge is 0.107 e. The molecule has 0 heterocycles. The number of aryl methyl sites for hydroxylation is 1. The fourth-order valence-corrected chi connectivity index (χ4v) is 0.847. The minimum Gasteiger partial charge on any atom is -0.372 e. The highest BCUT2D eigenvalue weighted by molar-refractivity contribution is 5.35. The molecule has 14 heavy (non-hydrogen) atoms. The van der Waals surface area contributed by atoms with Gasteiger partial charge in [-0.1, -0.05) is 43.4 Å². The summed E-state index contributed by atoms with van der Waals surface area (Å²) in [6.45, 7) is 6.56. The minimum absolute atomic E-state index is 0.494. The predicted octanol–water partition coefficient (Wildman–Crippen LogP) is 3.02. The molecule has 0 aromatic heterocycles. The fourth-order valence-electron chi connectivity index (χ4n) is 0.847. The highest BCUT2D eigenvalue weighted by Gasteiger charge is 1.84. The van der Waals surface area contributed by atoms with Crippen LogP contribution < -0.4 is 0 Å². The molecule has 1 heteroatoms. The van der Waals surface area contributed by atoms with Crippen LogP contribution in [0.25, 0.3) is 0 Å². The quantitative estimate of drug-likeness (QED) is 0.618. The lowest BCUT2D eigenvalue weighted by molar-refractivity contribution is 0.240. The maximum absolute atomic E-state index is 4.81. The lowest BCUT2D eigenvalue weighted by Gasteiger charge is -1.91. The van der Waals surface area contributed by atoms with Gasteiger partial charge in [0.05, 0.1) is 0 Å². The lowest BCUT2D eigenvalue weighted by atomic mass is 10.2. The maximum atomic E-state index is 4.81. The van der Waals surface area contributed by atoms with Crippen LogP contribution in [0.3, 0.4) is 0 Å². The van der Waals surface area contributed by atoms with Gasteiger partial charge in [-0.2, -0.15) is 0 Å². The molecule has 0 aliphatic rings. The van der Waals surface area contributed by atoms with Gasteiger partial charge in [0.1, 0.15) is 6.61 Å². The molecule has 1 aromatic rings. The van der Waals surface area contributed by atoms with Crippen molar-refractivity contribution in [1.29, 1.82) is 0 Å². The first-order valence-electron chi connectivity index (χ1n) is 4.87. The Balaban J connectivity index is 0.000000791. The predicted molar refractivity (Wildman–Crippen MR) is 61.3 cm³/mol. The maximum Gasteiger partial charge on any atom is 0.107 e. The van der Waals surface area contributed by atoms with Gasteiger partial charge in [-0.3, -0.25) is 0 Å². The van der Waals surface area contributed by atoms with Gasteiger partial charge >= 0.3 is 0 Å². The first-order chi connectivity index (χ1) is 6.83. The van der Waals surface area contributed by atoms with Crippen molar-refractivity contribution in [2.75, 3.05) is 13.7 Å². The Labute approximate surface area is 87.1 Å². The van der Waals surface area contributed by atoms with Crippen molar-refractivity contribution in [2.24, 2.45) is 0 Å². The Bertz CT molecular complexity index is 287. The van der Waals surface area contributed by atoms with Crippen molar-refractivity contribution in [3.63, 3.8) is 0 Å². The molecule has 0 bridgehead atoms. The normalized spacial score (nSPS) is 8.00. The Morgan fingerprint density at radius 1 is 1.14 bits per heavy atom. The summed E-state index contributed by atoms with van der Waals surface area (Å²) in [7, 11) is 1.64. The van der Waals surface area contributed by atoms with Crippen LogP contribution in [0.5, 0.6) is 0 Å². The molecule has 0 unspecified atom stereocenters. The van der Waals surface area contributed by atoms with Crippen molar-refractivity contribution < 1.29 is 4.74 Å². The Hall–Kier alpha value is -1.26. The van der Waals surface area contributed by atoms with E-state index in [1.165, 1.54) is 5.56 Å². The van der Waals surface area contributed by atoms with Crippen LogP contribution in [0.4, 0.5) is 0 Å². The molecule has 1 nitrogen and oxygen atoms in total. The molecule has 1 rings (SSSR count).